The third-order valence-electron chi connectivity index (χ3n) is 3.24. The number of rotatable bonds is 2. The van der Waals surface area contributed by atoms with Crippen molar-refractivity contribution in [3.05, 3.63) is 69.8 Å². The maximum Gasteiger partial charge on any atom is 0.0991 e. The summed E-state index contributed by atoms with van der Waals surface area (Å²) in [7, 11) is 0. The van der Waals surface area contributed by atoms with Crippen LogP contribution in [-0.4, -0.2) is 4.57 Å². The van der Waals surface area contributed by atoms with Crippen LogP contribution in [0, 0.1) is 11.3 Å². The van der Waals surface area contributed by atoms with Gasteiger partial charge in [0.15, 0.2) is 0 Å². The lowest BCUT2D eigenvalue weighted by molar-refractivity contribution is 0.837. The van der Waals surface area contributed by atoms with Crippen LogP contribution < -0.4 is 0 Å². The van der Waals surface area contributed by atoms with Gasteiger partial charge in [-0.15, -0.1) is 0 Å². The van der Waals surface area contributed by atoms with E-state index in [1.54, 1.807) is 6.07 Å². The lowest BCUT2D eigenvalue weighted by Crippen LogP contribution is -1.97. The van der Waals surface area contributed by atoms with E-state index in [0.29, 0.717) is 22.2 Å². The fraction of sp³-hybridized carbons (Fsp3) is 0.0625. The maximum absolute atomic E-state index is 8.91. The van der Waals surface area contributed by atoms with Gasteiger partial charge in [0.25, 0.3) is 0 Å². The fourth-order valence-corrected chi connectivity index (χ4v) is 2.56. The zero-order valence-electron chi connectivity index (χ0n) is 10.5. The summed E-state index contributed by atoms with van der Waals surface area (Å²) in [5.74, 6) is 0. The van der Waals surface area contributed by atoms with E-state index in [2.05, 4.69) is 10.6 Å². The van der Waals surface area contributed by atoms with E-state index in [1.165, 1.54) is 0 Å². The molecule has 0 saturated heterocycles. The molecular formula is C16H10Cl2N2. The number of nitriles is 1. The van der Waals surface area contributed by atoms with Gasteiger partial charge < -0.3 is 4.57 Å². The zero-order chi connectivity index (χ0) is 14.1. The second-order valence-electron chi connectivity index (χ2n) is 4.58. The first-order chi connectivity index (χ1) is 9.67. The van der Waals surface area contributed by atoms with Crippen molar-refractivity contribution in [1.82, 2.24) is 4.57 Å². The predicted molar refractivity (Wildman–Crippen MR) is 82.2 cm³/mol. The highest BCUT2D eigenvalue weighted by molar-refractivity contribution is 6.42. The molecule has 0 amide bonds. The van der Waals surface area contributed by atoms with E-state index in [0.717, 1.165) is 16.5 Å². The highest BCUT2D eigenvalue weighted by Crippen LogP contribution is 2.24. The summed E-state index contributed by atoms with van der Waals surface area (Å²) in [6.07, 6.45) is 2.01. The minimum Gasteiger partial charge on any atom is -0.343 e. The monoisotopic (exact) mass is 300 g/mol. The number of hydrogen-bond acceptors (Lipinski definition) is 1. The first kappa shape index (κ1) is 13.1. The molecule has 0 aliphatic carbocycles. The van der Waals surface area contributed by atoms with Crippen LogP contribution in [0.1, 0.15) is 11.1 Å². The van der Waals surface area contributed by atoms with Gasteiger partial charge in [-0.05, 0) is 42.0 Å². The third kappa shape index (κ3) is 2.38. The normalized spacial score (nSPS) is 10.7. The van der Waals surface area contributed by atoms with Gasteiger partial charge in [0, 0.05) is 23.6 Å². The molecule has 0 N–H and O–H groups in total. The van der Waals surface area contributed by atoms with Crippen molar-refractivity contribution in [3.63, 3.8) is 0 Å². The molecule has 0 fully saturated rings. The standard InChI is InChI=1S/C16H10Cl2N2/c17-14-3-1-12(8-15(14)18)10-20-6-5-13-7-11(9-19)2-4-16(13)20/h1-8H,10H2. The van der Waals surface area contributed by atoms with Gasteiger partial charge in [-0.1, -0.05) is 29.3 Å². The Hall–Kier alpha value is -1.95. The average Bonchev–Trinajstić information content (AvgIpc) is 2.85. The van der Waals surface area contributed by atoms with Crippen molar-refractivity contribution >= 4 is 34.1 Å². The molecule has 1 aromatic heterocycles. The van der Waals surface area contributed by atoms with Crippen LogP contribution in [0.25, 0.3) is 10.9 Å². The van der Waals surface area contributed by atoms with Crippen LogP contribution in [0.2, 0.25) is 10.0 Å². The zero-order valence-corrected chi connectivity index (χ0v) is 12.0. The smallest absolute Gasteiger partial charge is 0.0991 e. The molecule has 20 heavy (non-hydrogen) atoms. The van der Waals surface area contributed by atoms with Gasteiger partial charge >= 0.3 is 0 Å². The molecule has 3 rings (SSSR count). The van der Waals surface area contributed by atoms with E-state index >= 15 is 0 Å². The van der Waals surface area contributed by atoms with Crippen LogP contribution in [0.5, 0.6) is 0 Å². The highest BCUT2D eigenvalue weighted by atomic mass is 35.5. The van der Waals surface area contributed by atoms with Gasteiger partial charge in [-0.3, -0.25) is 0 Å². The van der Waals surface area contributed by atoms with Crippen molar-refractivity contribution in [2.75, 3.05) is 0 Å². The Labute approximate surface area is 126 Å². The number of nitrogens with zero attached hydrogens (tertiary/aromatic N) is 2. The Morgan fingerprint density at radius 1 is 1.00 bits per heavy atom. The van der Waals surface area contributed by atoms with Crippen LogP contribution >= 0.6 is 23.2 Å². The first-order valence-corrected chi connectivity index (χ1v) is 6.86. The van der Waals surface area contributed by atoms with Crippen molar-refractivity contribution in [2.45, 2.75) is 6.54 Å². The molecule has 0 saturated carbocycles. The average molecular weight is 301 g/mol. The molecule has 3 aromatic rings. The van der Waals surface area contributed by atoms with Gasteiger partial charge in [0.05, 0.1) is 21.7 Å². The van der Waals surface area contributed by atoms with Gasteiger partial charge in [-0.2, -0.15) is 5.26 Å². The summed E-state index contributed by atoms with van der Waals surface area (Å²) in [5.41, 5.74) is 2.85. The van der Waals surface area contributed by atoms with Crippen LogP contribution in [0.15, 0.2) is 48.7 Å². The van der Waals surface area contributed by atoms with Gasteiger partial charge in [0.2, 0.25) is 0 Å². The second-order valence-corrected chi connectivity index (χ2v) is 5.39. The second kappa shape index (κ2) is 5.20. The van der Waals surface area contributed by atoms with E-state index in [4.69, 9.17) is 28.5 Å². The highest BCUT2D eigenvalue weighted by Gasteiger charge is 2.04. The summed E-state index contributed by atoms with van der Waals surface area (Å²) in [5, 5.41) is 11.1. The number of benzene rings is 2. The summed E-state index contributed by atoms with van der Waals surface area (Å²) in [4.78, 5) is 0. The molecule has 98 valence electrons. The molecule has 0 unspecified atom stereocenters. The van der Waals surface area contributed by atoms with Crippen LogP contribution in [0.4, 0.5) is 0 Å². The molecule has 0 spiro atoms. The van der Waals surface area contributed by atoms with Crippen LogP contribution in [-0.2, 0) is 6.54 Å². The molecule has 0 aliphatic heterocycles. The van der Waals surface area contributed by atoms with Gasteiger partial charge in [-0.25, -0.2) is 0 Å². The molecule has 2 aromatic carbocycles. The van der Waals surface area contributed by atoms with Gasteiger partial charge in [0.1, 0.15) is 0 Å². The summed E-state index contributed by atoms with van der Waals surface area (Å²) in [6, 6.07) is 15.5. The molecule has 4 heteroatoms. The molecular weight excluding hydrogens is 291 g/mol. The van der Waals surface area contributed by atoms with E-state index in [9.17, 15) is 0 Å². The lowest BCUT2D eigenvalue weighted by Gasteiger charge is -2.07. The van der Waals surface area contributed by atoms with E-state index in [1.807, 2.05) is 42.6 Å². The summed E-state index contributed by atoms with van der Waals surface area (Å²) in [6.45, 7) is 0.715. The minimum atomic E-state index is 0.562. The maximum atomic E-state index is 8.91. The Bertz CT molecular complexity index is 828. The van der Waals surface area contributed by atoms with Crippen molar-refractivity contribution in [2.24, 2.45) is 0 Å². The Morgan fingerprint density at radius 2 is 1.85 bits per heavy atom. The summed E-state index contributed by atoms with van der Waals surface area (Å²) >= 11 is 12.0. The molecule has 0 aliphatic rings. The summed E-state index contributed by atoms with van der Waals surface area (Å²) < 4.78 is 2.12. The lowest BCUT2D eigenvalue weighted by atomic mass is 10.2. The molecule has 0 radical (unpaired) electrons. The quantitative estimate of drug-likeness (QED) is 0.664. The van der Waals surface area contributed by atoms with Crippen molar-refractivity contribution in [3.8, 4) is 6.07 Å². The molecule has 0 bridgehead atoms. The number of hydrogen-bond donors (Lipinski definition) is 0. The minimum absolute atomic E-state index is 0.562. The SMILES string of the molecule is N#Cc1ccc2c(ccn2Cc2ccc(Cl)c(Cl)c2)c1. The Morgan fingerprint density at radius 3 is 2.60 bits per heavy atom. The van der Waals surface area contributed by atoms with Crippen molar-refractivity contribution < 1.29 is 0 Å². The Balaban J connectivity index is 1.98. The number of aromatic nitrogens is 1. The number of halogens is 2. The largest absolute Gasteiger partial charge is 0.343 e. The Kier molecular flexibility index (Phi) is 3.40. The van der Waals surface area contributed by atoms with Crippen molar-refractivity contribution in [1.29, 1.82) is 5.26 Å². The van der Waals surface area contributed by atoms with Crippen LogP contribution in [0.3, 0.4) is 0 Å². The first-order valence-electron chi connectivity index (χ1n) is 6.10. The predicted octanol–water partition coefficient (Wildman–Crippen LogP) is 4.87. The van der Waals surface area contributed by atoms with E-state index < -0.39 is 0 Å². The molecule has 1 heterocycles. The topological polar surface area (TPSA) is 28.7 Å². The molecule has 0 atom stereocenters. The van der Waals surface area contributed by atoms with E-state index in [-0.39, 0.29) is 0 Å². The fourth-order valence-electron chi connectivity index (χ4n) is 2.24. The number of fused-ring (bicyclic) bond motifs is 1. The molecule has 2 nitrogen and oxygen atoms in total. The third-order valence-corrected chi connectivity index (χ3v) is 3.98.